The van der Waals surface area contributed by atoms with Crippen molar-refractivity contribution in [1.82, 2.24) is 20.4 Å². The fourth-order valence-electron chi connectivity index (χ4n) is 5.92. The quantitative estimate of drug-likeness (QED) is 0.811. The molecular weight excluding hydrogens is 272 g/mol. The van der Waals surface area contributed by atoms with Gasteiger partial charge in [0.25, 0.3) is 0 Å². The summed E-state index contributed by atoms with van der Waals surface area (Å²) in [5.74, 6) is 2.72. The van der Waals surface area contributed by atoms with E-state index in [1.165, 1.54) is 52.1 Å². The molecule has 0 amide bonds. The van der Waals surface area contributed by atoms with E-state index >= 15 is 0 Å². The van der Waals surface area contributed by atoms with Crippen molar-refractivity contribution in [2.45, 2.75) is 57.8 Å². The number of nitrogens with zero attached hydrogens (tertiary/aromatic N) is 2. The molecule has 4 fully saturated rings. The smallest absolute Gasteiger partial charge is 0.0266 e. The van der Waals surface area contributed by atoms with E-state index in [0.29, 0.717) is 6.04 Å². The molecule has 4 saturated heterocycles. The average molecular weight is 306 g/mol. The van der Waals surface area contributed by atoms with Crippen LogP contribution in [0.3, 0.4) is 0 Å². The van der Waals surface area contributed by atoms with Crippen LogP contribution in [0.25, 0.3) is 0 Å². The Hall–Kier alpha value is -0.160. The van der Waals surface area contributed by atoms with Crippen LogP contribution in [0, 0.1) is 17.8 Å². The van der Waals surface area contributed by atoms with Crippen molar-refractivity contribution >= 4 is 0 Å². The number of likely N-dealkylation sites (tertiary alicyclic amines) is 2. The first-order valence-corrected chi connectivity index (χ1v) is 9.58. The highest BCUT2D eigenvalue weighted by atomic mass is 15.3. The van der Waals surface area contributed by atoms with Gasteiger partial charge in [-0.1, -0.05) is 0 Å². The maximum Gasteiger partial charge on any atom is 0.0266 e. The van der Waals surface area contributed by atoms with Gasteiger partial charge in [0.2, 0.25) is 0 Å². The maximum atomic E-state index is 3.65. The van der Waals surface area contributed by atoms with Crippen molar-refractivity contribution in [3.8, 4) is 0 Å². The average Bonchev–Trinajstić information content (AvgIpc) is 3.19. The van der Waals surface area contributed by atoms with Gasteiger partial charge in [0.1, 0.15) is 0 Å². The van der Waals surface area contributed by atoms with Crippen LogP contribution in [-0.2, 0) is 0 Å². The van der Waals surface area contributed by atoms with E-state index in [2.05, 4.69) is 41.2 Å². The Labute approximate surface area is 136 Å². The molecule has 126 valence electrons. The van der Waals surface area contributed by atoms with Gasteiger partial charge in [-0.05, 0) is 71.0 Å². The number of hydrogen-bond donors (Lipinski definition) is 2. The highest BCUT2D eigenvalue weighted by Gasteiger charge is 2.46. The molecule has 2 N–H and O–H groups in total. The second-order valence-corrected chi connectivity index (χ2v) is 8.54. The Kier molecular flexibility index (Phi) is 4.22. The van der Waals surface area contributed by atoms with Crippen LogP contribution >= 0.6 is 0 Å². The summed E-state index contributed by atoms with van der Waals surface area (Å²) in [5.41, 5.74) is 0. The normalized spacial score (nSPS) is 43.9. The number of fused-ring (bicyclic) bond motifs is 2. The van der Waals surface area contributed by atoms with Crippen molar-refractivity contribution in [2.24, 2.45) is 17.8 Å². The Morgan fingerprint density at radius 1 is 0.955 bits per heavy atom. The van der Waals surface area contributed by atoms with Crippen molar-refractivity contribution < 1.29 is 0 Å². The van der Waals surface area contributed by atoms with E-state index in [1.54, 1.807) is 0 Å². The molecular formula is C18H34N4. The second-order valence-electron chi connectivity index (χ2n) is 8.54. The molecule has 4 heterocycles. The summed E-state index contributed by atoms with van der Waals surface area (Å²) >= 11 is 0. The second kappa shape index (κ2) is 6.04. The lowest BCUT2D eigenvalue weighted by molar-refractivity contribution is 0.156. The predicted molar refractivity (Wildman–Crippen MR) is 91.0 cm³/mol. The third-order valence-electron chi connectivity index (χ3n) is 7.07. The highest BCUT2D eigenvalue weighted by molar-refractivity contribution is 5.02. The Bertz CT molecular complexity index is 399. The van der Waals surface area contributed by atoms with Gasteiger partial charge in [0.15, 0.2) is 0 Å². The van der Waals surface area contributed by atoms with Crippen LogP contribution in [0.4, 0.5) is 0 Å². The lowest BCUT2D eigenvalue weighted by Gasteiger charge is -2.32. The van der Waals surface area contributed by atoms with Crippen LogP contribution in [0.15, 0.2) is 0 Å². The van der Waals surface area contributed by atoms with E-state index < -0.39 is 0 Å². The van der Waals surface area contributed by atoms with E-state index in [4.69, 9.17) is 0 Å². The number of nitrogens with one attached hydrogen (secondary N) is 2. The van der Waals surface area contributed by atoms with Crippen LogP contribution < -0.4 is 10.6 Å². The molecule has 0 aromatic rings. The zero-order chi connectivity index (χ0) is 15.3. The molecule has 6 atom stereocenters. The molecule has 4 aliphatic rings. The zero-order valence-electron chi connectivity index (χ0n) is 14.6. The zero-order valence-corrected chi connectivity index (χ0v) is 14.6. The minimum absolute atomic E-state index is 0.697. The standard InChI is InChI=1S/C18H34N4/c1-12(2)22-11-15(16-8-20-10-18(16)22)6-13(3)21-5-4-14-7-19-9-17(14)21/h12-20H,4-11H2,1-3H3/t13?,14-,15?,16-,17+,18-/m1/s1. The summed E-state index contributed by atoms with van der Waals surface area (Å²) in [6.07, 6.45) is 2.81. The molecule has 0 saturated carbocycles. The Morgan fingerprint density at radius 2 is 1.73 bits per heavy atom. The molecule has 0 aromatic carbocycles. The van der Waals surface area contributed by atoms with E-state index in [1.807, 2.05) is 0 Å². The van der Waals surface area contributed by atoms with Crippen LogP contribution in [0.2, 0.25) is 0 Å². The Morgan fingerprint density at radius 3 is 2.55 bits per heavy atom. The third kappa shape index (κ3) is 2.52. The molecule has 0 spiro atoms. The lowest BCUT2D eigenvalue weighted by atomic mass is 9.87. The van der Waals surface area contributed by atoms with E-state index in [9.17, 15) is 0 Å². The van der Waals surface area contributed by atoms with Gasteiger partial charge in [-0.3, -0.25) is 9.80 Å². The largest absolute Gasteiger partial charge is 0.315 e. The first kappa shape index (κ1) is 15.4. The number of hydrogen-bond acceptors (Lipinski definition) is 4. The molecule has 4 aliphatic heterocycles. The molecule has 0 bridgehead atoms. The molecule has 22 heavy (non-hydrogen) atoms. The topological polar surface area (TPSA) is 30.5 Å². The summed E-state index contributed by atoms with van der Waals surface area (Å²) in [5, 5.41) is 7.26. The van der Waals surface area contributed by atoms with Gasteiger partial charge < -0.3 is 10.6 Å². The van der Waals surface area contributed by atoms with Crippen molar-refractivity contribution in [3.63, 3.8) is 0 Å². The minimum Gasteiger partial charge on any atom is -0.315 e. The van der Waals surface area contributed by atoms with Crippen LogP contribution in [0.1, 0.15) is 33.6 Å². The SMILES string of the molecule is CC(C)N1CC(CC(C)N2CC[C@@H]3CNC[C@@H]32)[C@H]2CNC[C@H]21. The summed E-state index contributed by atoms with van der Waals surface area (Å²) < 4.78 is 0. The van der Waals surface area contributed by atoms with Gasteiger partial charge in [-0.2, -0.15) is 0 Å². The van der Waals surface area contributed by atoms with Gasteiger partial charge in [0, 0.05) is 43.8 Å². The predicted octanol–water partition coefficient (Wildman–Crippen LogP) is 0.987. The maximum absolute atomic E-state index is 3.65. The Balaban J connectivity index is 1.40. The molecule has 4 rings (SSSR count). The minimum atomic E-state index is 0.697. The molecule has 4 nitrogen and oxygen atoms in total. The summed E-state index contributed by atoms with van der Waals surface area (Å²) in [7, 11) is 0. The van der Waals surface area contributed by atoms with Crippen molar-refractivity contribution in [1.29, 1.82) is 0 Å². The van der Waals surface area contributed by atoms with Crippen molar-refractivity contribution in [3.05, 3.63) is 0 Å². The van der Waals surface area contributed by atoms with Gasteiger partial charge in [0.05, 0.1) is 0 Å². The van der Waals surface area contributed by atoms with Gasteiger partial charge >= 0.3 is 0 Å². The van der Waals surface area contributed by atoms with Crippen LogP contribution in [-0.4, -0.2) is 73.2 Å². The summed E-state index contributed by atoms with van der Waals surface area (Å²) in [6.45, 7) is 14.9. The fraction of sp³-hybridized carbons (Fsp3) is 1.00. The third-order valence-corrected chi connectivity index (χ3v) is 7.07. The fourth-order valence-corrected chi connectivity index (χ4v) is 5.92. The van der Waals surface area contributed by atoms with Gasteiger partial charge in [-0.25, -0.2) is 0 Å². The lowest BCUT2D eigenvalue weighted by Crippen LogP contribution is -2.42. The first-order chi connectivity index (χ1) is 10.6. The molecule has 0 aliphatic carbocycles. The molecule has 0 aromatic heterocycles. The van der Waals surface area contributed by atoms with Gasteiger partial charge in [-0.15, -0.1) is 0 Å². The van der Waals surface area contributed by atoms with E-state index in [0.717, 1.165) is 35.9 Å². The number of rotatable bonds is 4. The van der Waals surface area contributed by atoms with Crippen LogP contribution in [0.5, 0.6) is 0 Å². The highest BCUT2D eigenvalue weighted by Crippen LogP contribution is 2.38. The monoisotopic (exact) mass is 306 g/mol. The molecule has 0 radical (unpaired) electrons. The van der Waals surface area contributed by atoms with Crippen molar-refractivity contribution in [2.75, 3.05) is 39.3 Å². The molecule has 4 heteroatoms. The van der Waals surface area contributed by atoms with E-state index in [-0.39, 0.29) is 0 Å². The summed E-state index contributed by atoms with van der Waals surface area (Å²) in [4.78, 5) is 5.60. The molecule has 2 unspecified atom stereocenters. The first-order valence-electron chi connectivity index (χ1n) is 9.58. The summed E-state index contributed by atoms with van der Waals surface area (Å²) in [6, 6.07) is 3.09.